The van der Waals surface area contributed by atoms with Gasteiger partial charge in [0.1, 0.15) is 0 Å². The molecule has 2 aromatic rings. The topological polar surface area (TPSA) is 59.9 Å². The number of alkyl halides is 2. The van der Waals surface area contributed by atoms with Gasteiger partial charge in [0.05, 0.1) is 12.8 Å². The van der Waals surface area contributed by atoms with Gasteiger partial charge in [-0.1, -0.05) is 19.1 Å². The normalized spacial score (nSPS) is 11.0. The summed E-state index contributed by atoms with van der Waals surface area (Å²) in [5.74, 6) is -0.219. The van der Waals surface area contributed by atoms with Gasteiger partial charge in [-0.05, 0) is 54.8 Å². The minimum absolute atomic E-state index is 0.0564. The number of benzene rings is 2. The van der Waals surface area contributed by atoms with Crippen LogP contribution in [0.4, 0.5) is 8.78 Å². The van der Waals surface area contributed by atoms with E-state index in [-0.39, 0.29) is 17.4 Å². The van der Waals surface area contributed by atoms with E-state index in [4.69, 9.17) is 4.74 Å². The standard InChI is InChI=1S/C19H20F2N2O3/c1-3-13-5-8-15(9-6-13)18(24)23-22-12-14-7-10-16(26-19(20)21)17(11-14)25-4-2/h5-12,19H,3-4H2,1-2H3,(H,23,24)/b22-12-. The average Bonchev–Trinajstić information content (AvgIpc) is 2.63. The monoisotopic (exact) mass is 362 g/mol. The molecule has 0 aliphatic carbocycles. The molecule has 1 N–H and O–H groups in total. The van der Waals surface area contributed by atoms with Gasteiger partial charge < -0.3 is 9.47 Å². The number of carbonyl (C=O) groups excluding carboxylic acids is 1. The molecule has 0 aromatic heterocycles. The first-order chi connectivity index (χ1) is 12.5. The first kappa shape index (κ1) is 19.4. The molecule has 0 spiro atoms. The van der Waals surface area contributed by atoms with Crippen molar-refractivity contribution in [1.29, 1.82) is 0 Å². The number of carbonyl (C=O) groups is 1. The van der Waals surface area contributed by atoms with Gasteiger partial charge in [-0.15, -0.1) is 0 Å². The van der Waals surface area contributed by atoms with E-state index in [1.807, 2.05) is 19.1 Å². The Labute approximate surface area is 150 Å². The lowest BCUT2D eigenvalue weighted by Gasteiger charge is -2.11. The Morgan fingerprint density at radius 2 is 1.88 bits per heavy atom. The van der Waals surface area contributed by atoms with Crippen LogP contribution in [-0.4, -0.2) is 25.3 Å². The summed E-state index contributed by atoms with van der Waals surface area (Å²) >= 11 is 0. The lowest BCUT2D eigenvalue weighted by molar-refractivity contribution is -0.0514. The average molecular weight is 362 g/mol. The number of nitrogens with zero attached hydrogens (tertiary/aromatic N) is 1. The summed E-state index contributed by atoms with van der Waals surface area (Å²) in [7, 11) is 0. The molecule has 0 atom stereocenters. The second-order valence-electron chi connectivity index (χ2n) is 5.27. The minimum Gasteiger partial charge on any atom is -0.490 e. The molecule has 1 amide bonds. The highest BCUT2D eigenvalue weighted by Crippen LogP contribution is 2.29. The van der Waals surface area contributed by atoms with Crippen molar-refractivity contribution < 1.29 is 23.0 Å². The molecule has 0 fully saturated rings. The van der Waals surface area contributed by atoms with E-state index in [2.05, 4.69) is 15.3 Å². The highest BCUT2D eigenvalue weighted by molar-refractivity contribution is 5.94. The van der Waals surface area contributed by atoms with Gasteiger partial charge in [-0.3, -0.25) is 4.79 Å². The van der Waals surface area contributed by atoms with E-state index in [1.165, 1.54) is 24.4 Å². The molecule has 0 bridgehead atoms. The quantitative estimate of drug-likeness (QED) is 0.570. The Kier molecular flexibility index (Phi) is 7.08. The van der Waals surface area contributed by atoms with Crippen molar-refractivity contribution in [1.82, 2.24) is 5.43 Å². The van der Waals surface area contributed by atoms with Crippen molar-refractivity contribution in [2.24, 2.45) is 5.10 Å². The van der Waals surface area contributed by atoms with Crippen LogP contribution in [0.15, 0.2) is 47.6 Å². The van der Waals surface area contributed by atoms with Gasteiger partial charge >= 0.3 is 6.61 Å². The van der Waals surface area contributed by atoms with Crippen molar-refractivity contribution >= 4 is 12.1 Å². The van der Waals surface area contributed by atoms with Gasteiger partial charge in [0.2, 0.25) is 0 Å². The summed E-state index contributed by atoms with van der Waals surface area (Å²) in [6.45, 7) is 1.13. The molecule has 0 saturated carbocycles. The lowest BCUT2D eigenvalue weighted by atomic mass is 10.1. The lowest BCUT2D eigenvalue weighted by Crippen LogP contribution is -2.17. The van der Waals surface area contributed by atoms with E-state index in [0.717, 1.165) is 12.0 Å². The Bertz CT molecular complexity index is 762. The third kappa shape index (κ3) is 5.54. The molecule has 7 heteroatoms. The van der Waals surface area contributed by atoms with Crippen LogP contribution < -0.4 is 14.9 Å². The highest BCUT2D eigenvalue weighted by atomic mass is 19.3. The Hall–Kier alpha value is -2.96. The van der Waals surface area contributed by atoms with Crippen molar-refractivity contribution in [3.05, 3.63) is 59.2 Å². The first-order valence-corrected chi connectivity index (χ1v) is 8.17. The van der Waals surface area contributed by atoms with E-state index in [1.54, 1.807) is 19.1 Å². The number of rotatable bonds is 8. The number of halogens is 2. The molecule has 0 radical (unpaired) electrons. The zero-order valence-corrected chi connectivity index (χ0v) is 14.5. The second kappa shape index (κ2) is 9.50. The van der Waals surface area contributed by atoms with Crippen molar-refractivity contribution in [2.45, 2.75) is 26.9 Å². The second-order valence-corrected chi connectivity index (χ2v) is 5.27. The Morgan fingerprint density at radius 3 is 2.50 bits per heavy atom. The molecule has 0 saturated heterocycles. The van der Waals surface area contributed by atoms with Crippen LogP contribution in [-0.2, 0) is 6.42 Å². The summed E-state index contributed by atoms with van der Waals surface area (Å²) in [5.41, 5.74) is 4.62. The van der Waals surface area contributed by atoms with Crippen LogP contribution in [0.5, 0.6) is 11.5 Å². The SMILES string of the molecule is CCOc1cc(/C=N\NC(=O)c2ccc(CC)cc2)ccc1OC(F)F. The van der Waals surface area contributed by atoms with Crippen molar-refractivity contribution in [3.8, 4) is 11.5 Å². The van der Waals surface area contributed by atoms with Gasteiger partial charge in [-0.25, -0.2) is 5.43 Å². The number of amides is 1. The summed E-state index contributed by atoms with van der Waals surface area (Å²) in [6, 6.07) is 11.6. The molecule has 0 aliphatic heterocycles. The molecule has 0 aliphatic rings. The van der Waals surface area contributed by atoms with Crippen molar-refractivity contribution in [3.63, 3.8) is 0 Å². The number of aryl methyl sites for hydroxylation is 1. The fourth-order valence-electron chi connectivity index (χ4n) is 2.19. The Balaban J connectivity index is 2.04. The van der Waals surface area contributed by atoms with Gasteiger partial charge in [0.15, 0.2) is 11.5 Å². The fourth-order valence-corrected chi connectivity index (χ4v) is 2.19. The minimum atomic E-state index is -2.94. The van der Waals surface area contributed by atoms with Crippen LogP contribution in [0.1, 0.15) is 35.3 Å². The number of hydrogen-bond donors (Lipinski definition) is 1. The maximum atomic E-state index is 12.4. The predicted molar refractivity (Wildman–Crippen MR) is 95.1 cm³/mol. The van der Waals surface area contributed by atoms with Gasteiger partial charge in [-0.2, -0.15) is 13.9 Å². The predicted octanol–water partition coefficient (Wildman–Crippen LogP) is 4.01. The van der Waals surface area contributed by atoms with E-state index in [9.17, 15) is 13.6 Å². The van der Waals surface area contributed by atoms with Crippen LogP contribution in [0.25, 0.3) is 0 Å². The maximum absolute atomic E-state index is 12.4. The van der Waals surface area contributed by atoms with E-state index >= 15 is 0 Å². The van der Waals surface area contributed by atoms with E-state index < -0.39 is 6.61 Å². The highest BCUT2D eigenvalue weighted by Gasteiger charge is 2.11. The van der Waals surface area contributed by atoms with Crippen LogP contribution >= 0.6 is 0 Å². The molecular weight excluding hydrogens is 342 g/mol. The fraction of sp³-hybridized carbons (Fsp3) is 0.263. The molecule has 0 heterocycles. The van der Waals surface area contributed by atoms with E-state index in [0.29, 0.717) is 17.7 Å². The number of hydrogen-bond acceptors (Lipinski definition) is 4. The first-order valence-electron chi connectivity index (χ1n) is 8.17. The zero-order valence-electron chi connectivity index (χ0n) is 14.5. The molecule has 2 aromatic carbocycles. The van der Waals surface area contributed by atoms with Crippen LogP contribution in [0.2, 0.25) is 0 Å². The smallest absolute Gasteiger partial charge is 0.387 e. The molecular formula is C19H20F2N2O3. The maximum Gasteiger partial charge on any atom is 0.387 e. The summed E-state index contributed by atoms with van der Waals surface area (Å²) in [4.78, 5) is 12.0. The largest absolute Gasteiger partial charge is 0.490 e. The van der Waals surface area contributed by atoms with Gasteiger partial charge in [0.25, 0.3) is 5.91 Å². The molecule has 138 valence electrons. The van der Waals surface area contributed by atoms with Crippen LogP contribution in [0, 0.1) is 0 Å². The number of ether oxygens (including phenoxy) is 2. The molecule has 26 heavy (non-hydrogen) atoms. The molecule has 2 rings (SSSR count). The third-order valence-electron chi connectivity index (χ3n) is 3.49. The third-order valence-corrected chi connectivity index (χ3v) is 3.49. The molecule has 5 nitrogen and oxygen atoms in total. The number of nitrogens with one attached hydrogen (secondary N) is 1. The Morgan fingerprint density at radius 1 is 1.15 bits per heavy atom. The number of hydrazone groups is 1. The summed E-state index contributed by atoms with van der Waals surface area (Å²) < 4.78 is 34.5. The van der Waals surface area contributed by atoms with Crippen LogP contribution in [0.3, 0.4) is 0 Å². The van der Waals surface area contributed by atoms with Gasteiger partial charge in [0, 0.05) is 5.56 Å². The summed E-state index contributed by atoms with van der Waals surface area (Å²) in [5, 5.41) is 3.88. The van der Waals surface area contributed by atoms with Crippen molar-refractivity contribution in [2.75, 3.05) is 6.61 Å². The molecule has 0 unspecified atom stereocenters. The summed E-state index contributed by atoms with van der Waals surface area (Å²) in [6.07, 6.45) is 2.29. The zero-order chi connectivity index (χ0) is 18.9.